The van der Waals surface area contributed by atoms with Crippen LogP contribution in [0.15, 0.2) is 36.7 Å². The number of nitrogens with two attached hydrogens (primary N) is 1. The fraction of sp³-hybridized carbons (Fsp3) is 0.357. The van der Waals surface area contributed by atoms with E-state index in [0.29, 0.717) is 5.75 Å². The number of halogens is 3. The molecule has 0 amide bonds. The molecule has 0 bridgehead atoms. The van der Waals surface area contributed by atoms with E-state index >= 15 is 0 Å². The SMILES string of the molecule is CC(N)C(Oc1ccc(C(F)(F)F)cc1)c1cnn(C)c1. The van der Waals surface area contributed by atoms with Crippen LogP contribution in [0, 0.1) is 0 Å². The lowest BCUT2D eigenvalue weighted by Gasteiger charge is -2.21. The summed E-state index contributed by atoms with van der Waals surface area (Å²) in [5.41, 5.74) is 5.94. The van der Waals surface area contributed by atoms with Crippen molar-refractivity contribution in [2.75, 3.05) is 0 Å². The average molecular weight is 299 g/mol. The van der Waals surface area contributed by atoms with Gasteiger partial charge in [0.25, 0.3) is 0 Å². The zero-order valence-electron chi connectivity index (χ0n) is 11.6. The zero-order valence-corrected chi connectivity index (χ0v) is 11.6. The molecule has 2 aromatic rings. The summed E-state index contributed by atoms with van der Waals surface area (Å²) in [6, 6.07) is 4.20. The lowest BCUT2D eigenvalue weighted by molar-refractivity contribution is -0.137. The summed E-state index contributed by atoms with van der Waals surface area (Å²) in [5.74, 6) is 0.328. The predicted octanol–water partition coefficient (Wildman–Crippen LogP) is 2.91. The summed E-state index contributed by atoms with van der Waals surface area (Å²) in [6.07, 6.45) is -1.45. The van der Waals surface area contributed by atoms with Gasteiger partial charge in [0.15, 0.2) is 0 Å². The molecular formula is C14H16F3N3O. The first-order valence-electron chi connectivity index (χ1n) is 6.35. The molecule has 0 radical (unpaired) electrons. The third-order valence-corrected chi connectivity index (χ3v) is 2.98. The third kappa shape index (κ3) is 3.75. The quantitative estimate of drug-likeness (QED) is 0.944. The Bertz CT molecular complexity index is 590. The van der Waals surface area contributed by atoms with E-state index in [1.54, 1.807) is 31.0 Å². The number of hydrogen-bond donors (Lipinski definition) is 1. The molecule has 0 aliphatic rings. The van der Waals surface area contributed by atoms with Crippen molar-refractivity contribution in [2.45, 2.75) is 25.2 Å². The first-order chi connectivity index (χ1) is 9.77. The number of aromatic nitrogens is 2. The van der Waals surface area contributed by atoms with Gasteiger partial charge in [-0.05, 0) is 31.2 Å². The molecule has 2 unspecified atom stereocenters. The molecule has 0 saturated heterocycles. The molecule has 1 heterocycles. The van der Waals surface area contributed by atoms with Crippen LogP contribution in [0.4, 0.5) is 13.2 Å². The Morgan fingerprint density at radius 1 is 1.24 bits per heavy atom. The van der Waals surface area contributed by atoms with E-state index in [1.165, 1.54) is 12.1 Å². The Kier molecular flexibility index (Phi) is 4.22. The van der Waals surface area contributed by atoms with Crippen molar-refractivity contribution < 1.29 is 17.9 Å². The van der Waals surface area contributed by atoms with Crippen molar-refractivity contribution in [3.63, 3.8) is 0 Å². The normalized spacial score (nSPS) is 14.8. The summed E-state index contributed by atoms with van der Waals surface area (Å²) < 4.78 is 44.8. The van der Waals surface area contributed by atoms with Crippen LogP contribution in [-0.2, 0) is 13.2 Å². The second-order valence-electron chi connectivity index (χ2n) is 4.87. The first kappa shape index (κ1) is 15.4. The van der Waals surface area contributed by atoms with Gasteiger partial charge in [-0.1, -0.05) is 0 Å². The van der Waals surface area contributed by atoms with Crippen molar-refractivity contribution in [3.8, 4) is 5.75 Å². The average Bonchev–Trinajstić information content (AvgIpc) is 2.81. The molecule has 21 heavy (non-hydrogen) atoms. The van der Waals surface area contributed by atoms with Crippen molar-refractivity contribution in [3.05, 3.63) is 47.8 Å². The summed E-state index contributed by atoms with van der Waals surface area (Å²) in [5, 5.41) is 4.04. The van der Waals surface area contributed by atoms with Gasteiger partial charge < -0.3 is 10.5 Å². The second kappa shape index (κ2) is 5.77. The molecule has 2 N–H and O–H groups in total. The Labute approximate surface area is 120 Å². The highest BCUT2D eigenvalue weighted by molar-refractivity contribution is 5.29. The minimum Gasteiger partial charge on any atom is -0.484 e. The van der Waals surface area contributed by atoms with E-state index < -0.39 is 17.8 Å². The van der Waals surface area contributed by atoms with Crippen molar-refractivity contribution in [2.24, 2.45) is 12.8 Å². The van der Waals surface area contributed by atoms with Gasteiger partial charge in [0.2, 0.25) is 0 Å². The number of rotatable bonds is 4. The van der Waals surface area contributed by atoms with E-state index in [-0.39, 0.29) is 6.04 Å². The number of alkyl halides is 3. The van der Waals surface area contributed by atoms with E-state index in [2.05, 4.69) is 5.10 Å². The van der Waals surface area contributed by atoms with Crippen LogP contribution in [0.2, 0.25) is 0 Å². The van der Waals surface area contributed by atoms with Gasteiger partial charge in [-0.25, -0.2) is 0 Å². The summed E-state index contributed by atoms with van der Waals surface area (Å²) in [4.78, 5) is 0. The lowest BCUT2D eigenvalue weighted by atomic mass is 10.1. The molecule has 2 rings (SSSR count). The van der Waals surface area contributed by atoms with Gasteiger partial charge in [0.1, 0.15) is 11.9 Å². The van der Waals surface area contributed by atoms with Crippen molar-refractivity contribution >= 4 is 0 Å². The minimum absolute atomic E-state index is 0.328. The second-order valence-corrected chi connectivity index (χ2v) is 4.87. The molecule has 4 nitrogen and oxygen atoms in total. The van der Waals surface area contributed by atoms with Gasteiger partial charge >= 0.3 is 6.18 Å². The van der Waals surface area contributed by atoms with Crippen LogP contribution in [0.25, 0.3) is 0 Å². The van der Waals surface area contributed by atoms with E-state index in [0.717, 1.165) is 17.7 Å². The molecular weight excluding hydrogens is 283 g/mol. The maximum Gasteiger partial charge on any atom is 0.416 e. The van der Waals surface area contributed by atoms with Crippen molar-refractivity contribution in [1.82, 2.24) is 9.78 Å². The molecule has 7 heteroatoms. The minimum atomic E-state index is -4.36. The van der Waals surface area contributed by atoms with E-state index in [4.69, 9.17) is 10.5 Å². The fourth-order valence-electron chi connectivity index (χ4n) is 1.94. The molecule has 2 atom stereocenters. The largest absolute Gasteiger partial charge is 0.484 e. The van der Waals surface area contributed by atoms with Crippen LogP contribution in [0.5, 0.6) is 5.75 Å². The molecule has 1 aromatic heterocycles. The summed E-state index contributed by atoms with van der Waals surface area (Å²) in [6.45, 7) is 1.77. The van der Waals surface area contributed by atoms with Gasteiger partial charge in [0, 0.05) is 24.8 Å². The van der Waals surface area contributed by atoms with Crippen LogP contribution in [0.1, 0.15) is 24.2 Å². The highest BCUT2D eigenvalue weighted by atomic mass is 19.4. The number of nitrogens with zero attached hydrogens (tertiary/aromatic N) is 2. The predicted molar refractivity (Wildman–Crippen MR) is 71.7 cm³/mol. The number of ether oxygens (including phenoxy) is 1. The molecule has 0 spiro atoms. The van der Waals surface area contributed by atoms with Gasteiger partial charge in [0.05, 0.1) is 11.8 Å². The van der Waals surface area contributed by atoms with Gasteiger partial charge in [-0.2, -0.15) is 18.3 Å². The van der Waals surface area contributed by atoms with Gasteiger partial charge in [-0.15, -0.1) is 0 Å². The maximum atomic E-state index is 12.5. The van der Waals surface area contributed by atoms with E-state index in [1.807, 2.05) is 0 Å². The third-order valence-electron chi connectivity index (χ3n) is 2.98. The Morgan fingerprint density at radius 2 is 1.86 bits per heavy atom. The highest BCUT2D eigenvalue weighted by Gasteiger charge is 2.30. The number of aryl methyl sites for hydroxylation is 1. The molecule has 0 aliphatic carbocycles. The highest BCUT2D eigenvalue weighted by Crippen LogP contribution is 2.31. The molecule has 114 valence electrons. The van der Waals surface area contributed by atoms with Crippen LogP contribution < -0.4 is 10.5 Å². The lowest BCUT2D eigenvalue weighted by Crippen LogP contribution is -2.28. The van der Waals surface area contributed by atoms with Crippen molar-refractivity contribution in [1.29, 1.82) is 0 Å². The standard InChI is InChI=1S/C14H16F3N3O/c1-9(18)13(10-7-19-20(2)8-10)21-12-5-3-11(4-6-12)14(15,16)17/h3-9,13H,18H2,1-2H3. The summed E-state index contributed by atoms with van der Waals surface area (Å²) in [7, 11) is 1.76. The zero-order chi connectivity index (χ0) is 15.6. The molecule has 0 aliphatic heterocycles. The number of benzene rings is 1. The Morgan fingerprint density at radius 3 is 2.29 bits per heavy atom. The monoisotopic (exact) mass is 299 g/mol. The molecule has 0 fully saturated rings. The van der Waals surface area contributed by atoms with Crippen LogP contribution in [-0.4, -0.2) is 15.8 Å². The summed E-state index contributed by atoms with van der Waals surface area (Å²) >= 11 is 0. The first-order valence-corrected chi connectivity index (χ1v) is 6.35. The Balaban J connectivity index is 2.18. The van der Waals surface area contributed by atoms with Crippen LogP contribution in [0.3, 0.4) is 0 Å². The van der Waals surface area contributed by atoms with Gasteiger partial charge in [-0.3, -0.25) is 4.68 Å². The van der Waals surface area contributed by atoms with E-state index in [9.17, 15) is 13.2 Å². The smallest absolute Gasteiger partial charge is 0.416 e. The topological polar surface area (TPSA) is 53.1 Å². The number of hydrogen-bond acceptors (Lipinski definition) is 3. The molecule has 0 saturated carbocycles. The maximum absolute atomic E-state index is 12.5. The molecule has 1 aromatic carbocycles. The van der Waals surface area contributed by atoms with Crippen LogP contribution >= 0.6 is 0 Å². The fourth-order valence-corrected chi connectivity index (χ4v) is 1.94. The Hall–Kier alpha value is -2.02.